The van der Waals surface area contributed by atoms with Crippen LogP contribution in [0.2, 0.25) is 0 Å². The highest BCUT2D eigenvalue weighted by atomic mass is 16.6. The summed E-state index contributed by atoms with van der Waals surface area (Å²) in [6, 6.07) is 9.79. The van der Waals surface area contributed by atoms with E-state index in [1.807, 2.05) is 6.07 Å². The predicted molar refractivity (Wildman–Crippen MR) is 68.6 cm³/mol. The molecular formula is C13H11N3O3. The first kappa shape index (κ1) is 12.6. The average Bonchev–Trinajstić information content (AvgIpc) is 2.90. The normalized spacial score (nSPS) is 9.89. The summed E-state index contributed by atoms with van der Waals surface area (Å²) < 4.78 is 5.21. The number of hydrogen-bond donors (Lipinski definition) is 0. The number of nitrogens with zero attached hydrogens (tertiary/aromatic N) is 3. The minimum Gasteiger partial charge on any atom is -0.467 e. The fraction of sp³-hybridized carbons (Fsp3) is 0.154. The molecule has 1 aromatic carbocycles. The Bertz CT molecular complexity index is 629. The van der Waals surface area contributed by atoms with Gasteiger partial charge in [0, 0.05) is 13.1 Å². The van der Waals surface area contributed by atoms with Crippen LogP contribution in [0, 0.1) is 21.4 Å². The maximum absolute atomic E-state index is 11.0. The van der Waals surface area contributed by atoms with Crippen LogP contribution in [0.5, 0.6) is 0 Å². The summed E-state index contributed by atoms with van der Waals surface area (Å²) in [5.74, 6) is 0.694. The van der Waals surface area contributed by atoms with Gasteiger partial charge in [-0.1, -0.05) is 0 Å². The number of anilines is 1. The SMILES string of the molecule is CN(Cc1ccco1)c1cc(C#N)ccc1[N+](=O)[O-]. The summed E-state index contributed by atoms with van der Waals surface area (Å²) >= 11 is 0. The van der Waals surface area contributed by atoms with Crippen molar-refractivity contribution in [3.8, 4) is 6.07 Å². The van der Waals surface area contributed by atoms with Crippen LogP contribution in [0.3, 0.4) is 0 Å². The lowest BCUT2D eigenvalue weighted by atomic mass is 10.1. The van der Waals surface area contributed by atoms with E-state index in [0.717, 1.165) is 0 Å². The van der Waals surface area contributed by atoms with Gasteiger partial charge in [0.05, 0.1) is 29.4 Å². The number of benzene rings is 1. The van der Waals surface area contributed by atoms with Gasteiger partial charge in [0.15, 0.2) is 0 Å². The van der Waals surface area contributed by atoms with Crippen molar-refractivity contribution in [1.29, 1.82) is 5.26 Å². The first-order valence-electron chi connectivity index (χ1n) is 5.54. The lowest BCUT2D eigenvalue weighted by Crippen LogP contribution is -2.17. The lowest BCUT2D eigenvalue weighted by molar-refractivity contribution is -0.384. The Balaban J connectivity index is 2.36. The molecule has 0 unspecified atom stereocenters. The van der Waals surface area contributed by atoms with Crippen LogP contribution in [0.1, 0.15) is 11.3 Å². The molecule has 1 aromatic heterocycles. The summed E-state index contributed by atoms with van der Waals surface area (Å²) in [7, 11) is 1.71. The van der Waals surface area contributed by atoms with Gasteiger partial charge in [-0.3, -0.25) is 10.1 Å². The highest BCUT2D eigenvalue weighted by molar-refractivity contribution is 5.65. The Kier molecular flexibility index (Phi) is 3.48. The van der Waals surface area contributed by atoms with Gasteiger partial charge >= 0.3 is 0 Å². The summed E-state index contributed by atoms with van der Waals surface area (Å²) in [5, 5.41) is 19.9. The maximum Gasteiger partial charge on any atom is 0.292 e. The molecule has 96 valence electrons. The van der Waals surface area contributed by atoms with Crippen LogP contribution in [0.15, 0.2) is 41.0 Å². The van der Waals surface area contributed by atoms with E-state index in [1.165, 1.54) is 18.2 Å². The van der Waals surface area contributed by atoms with Crippen molar-refractivity contribution in [1.82, 2.24) is 0 Å². The fourth-order valence-corrected chi connectivity index (χ4v) is 1.77. The summed E-state index contributed by atoms with van der Waals surface area (Å²) in [5.41, 5.74) is 0.736. The number of nitriles is 1. The van der Waals surface area contributed by atoms with Crippen molar-refractivity contribution in [3.63, 3.8) is 0 Å². The van der Waals surface area contributed by atoms with Crippen LogP contribution in [0.4, 0.5) is 11.4 Å². The Morgan fingerprint density at radius 3 is 2.84 bits per heavy atom. The van der Waals surface area contributed by atoms with E-state index in [-0.39, 0.29) is 5.69 Å². The topological polar surface area (TPSA) is 83.3 Å². The van der Waals surface area contributed by atoms with E-state index >= 15 is 0 Å². The molecule has 0 bridgehead atoms. The highest BCUT2D eigenvalue weighted by Gasteiger charge is 2.18. The second-order valence-electron chi connectivity index (χ2n) is 4.01. The molecule has 0 amide bonds. The van der Waals surface area contributed by atoms with E-state index in [1.54, 1.807) is 30.3 Å². The Hall–Kier alpha value is -2.81. The second-order valence-corrected chi connectivity index (χ2v) is 4.01. The van der Waals surface area contributed by atoms with E-state index in [0.29, 0.717) is 23.6 Å². The molecule has 0 aliphatic heterocycles. The van der Waals surface area contributed by atoms with Crippen LogP contribution in [-0.2, 0) is 6.54 Å². The second kappa shape index (κ2) is 5.23. The summed E-state index contributed by atoms with van der Waals surface area (Å²) in [4.78, 5) is 12.2. The maximum atomic E-state index is 11.0. The zero-order chi connectivity index (χ0) is 13.8. The summed E-state index contributed by atoms with van der Waals surface area (Å²) in [6.45, 7) is 0.392. The van der Waals surface area contributed by atoms with Crippen LogP contribution in [-0.4, -0.2) is 12.0 Å². The molecule has 19 heavy (non-hydrogen) atoms. The smallest absolute Gasteiger partial charge is 0.292 e. The average molecular weight is 257 g/mol. The standard InChI is InChI=1S/C13H11N3O3/c1-15(9-11-3-2-6-19-11)13-7-10(8-14)4-5-12(13)16(17)18/h2-7H,9H2,1H3. The molecule has 0 N–H and O–H groups in total. The Morgan fingerprint density at radius 1 is 1.47 bits per heavy atom. The molecule has 6 heteroatoms. The number of nitro benzene ring substituents is 1. The molecule has 1 heterocycles. The Morgan fingerprint density at radius 2 is 2.26 bits per heavy atom. The van der Waals surface area contributed by atoms with Gasteiger partial charge in [-0.25, -0.2) is 0 Å². The molecule has 0 aliphatic carbocycles. The molecular weight excluding hydrogens is 246 g/mol. The molecule has 0 aliphatic rings. The molecule has 0 saturated carbocycles. The van der Waals surface area contributed by atoms with E-state index in [2.05, 4.69) is 0 Å². The Labute approximate surface area is 109 Å². The lowest BCUT2D eigenvalue weighted by Gasteiger charge is -2.17. The molecule has 2 aromatic rings. The van der Waals surface area contributed by atoms with Gasteiger partial charge in [0.25, 0.3) is 5.69 Å². The summed E-state index contributed by atoms with van der Waals surface area (Å²) in [6.07, 6.45) is 1.54. The van der Waals surface area contributed by atoms with Gasteiger partial charge in [0.2, 0.25) is 0 Å². The zero-order valence-electron chi connectivity index (χ0n) is 10.2. The monoisotopic (exact) mass is 257 g/mol. The molecule has 0 fully saturated rings. The molecule has 0 atom stereocenters. The van der Waals surface area contributed by atoms with E-state index in [4.69, 9.17) is 9.68 Å². The van der Waals surface area contributed by atoms with Crippen molar-refractivity contribution in [3.05, 3.63) is 58.0 Å². The zero-order valence-corrected chi connectivity index (χ0v) is 10.2. The van der Waals surface area contributed by atoms with Crippen molar-refractivity contribution in [2.24, 2.45) is 0 Å². The van der Waals surface area contributed by atoms with Gasteiger partial charge < -0.3 is 9.32 Å². The quantitative estimate of drug-likeness (QED) is 0.621. The number of hydrogen-bond acceptors (Lipinski definition) is 5. The van der Waals surface area contributed by atoms with E-state index in [9.17, 15) is 10.1 Å². The molecule has 2 rings (SSSR count). The number of furan rings is 1. The van der Waals surface area contributed by atoms with Crippen molar-refractivity contribution >= 4 is 11.4 Å². The van der Waals surface area contributed by atoms with Gasteiger partial charge in [-0.2, -0.15) is 5.26 Å². The van der Waals surface area contributed by atoms with Crippen LogP contribution >= 0.6 is 0 Å². The fourth-order valence-electron chi connectivity index (χ4n) is 1.77. The van der Waals surface area contributed by atoms with Gasteiger partial charge in [0.1, 0.15) is 11.4 Å². The third-order valence-electron chi connectivity index (χ3n) is 2.69. The number of nitro groups is 1. The number of rotatable bonds is 4. The van der Waals surface area contributed by atoms with Crippen molar-refractivity contribution < 1.29 is 9.34 Å². The minimum absolute atomic E-state index is 0.0342. The van der Waals surface area contributed by atoms with E-state index < -0.39 is 4.92 Å². The molecule has 0 saturated heterocycles. The van der Waals surface area contributed by atoms with Gasteiger partial charge in [-0.15, -0.1) is 0 Å². The first-order chi connectivity index (χ1) is 9.11. The van der Waals surface area contributed by atoms with Crippen LogP contribution < -0.4 is 4.90 Å². The first-order valence-corrected chi connectivity index (χ1v) is 5.54. The van der Waals surface area contributed by atoms with Crippen molar-refractivity contribution in [2.45, 2.75) is 6.54 Å². The largest absolute Gasteiger partial charge is 0.467 e. The van der Waals surface area contributed by atoms with Gasteiger partial charge in [-0.05, 0) is 24.3 Å². The third-order valence-corrected chi connectivity index (χ3v) is 2.69. The van der Waals surface area contributed by atoms with Crippen molar-refractivity contribution in [2.75, 3.05) is 11.9 Å². The molecule has 0 spiro atoms. The molecule has 0 radical (unpaired) electrons. The highest BCUT2D eigenvalue weighted by Crippen LogP contribution is 2.29. The minimum atomic E-state index is -0.463. The third kappa shape index (κ3) is 2.72. The predicted octanol–water partition coefficient (Wildman–Crippen LogP) is 2.70. The molecule has 6 nitrogen and oxygen atoms in total. The van der Waals surface area contributed by atoms with Crippen LogP contribution in [0.25, 0.3) is 0 Å².